The lowest BCUT2D eigenvalue weighted by molar-refractivity contribution is 0.199. The number of hydrogen-bond donors (Lipinski definition) is 2. The van der Waals surface area contributed by atoms with E-state index in [0.29, 0.717) is 11.7 Å². The second-order valence-corrected chi connectivity index (χ2v) is 7.24. The molecule has 0 saturated carbocycles. The summed E-state index contributed by atoms with van der Waals surface area (Å²) in [7, 11) is -2.05. The molecule has 1 heterocycles. The third kappa shape index (κ3) is 3.30. The number of piperazine rings is 1. The van der Waals surface area contributed by atoms with E-state index in [4.69, 9.17) is 5.73 Å². The van der Waals surface area contributed by atoms with Crippen LogP contribution in [0.25, 0.3) is 0 Å². The third-order valence-corrected chi connectivity index (χ3v) is 5.50. The molecule has 1 saturated heterocycles. The Labute approximate surface area is 127 Å². The normalized spacial score (nSPS) is 20.7. The van der Waals surface area contributed by atoms with Crippen LogP contribution in [-0.2, 0) is 10.0 Å². The van der Waals surface area contributed by atoms with E-state index >= 15 is 0 Å². The molecule has 1 aromatic carbocycles. The zero-order chi connectivity index (χ0) is 15.6. The van der Waals surface area contributed by atoms with Crippen molar-refractivity contribution in [1.29, 1.82) is 0 Å². The highest BCUT2D eigenvalue weighted by Crippen LogP contribution is 2.28. The van der Waals surface area contributed by atoms with Crippen molar-refractivity contribution in [2.45, 2.75) is 24.8 Å². The predicted octanol–water partition coefficient (Wildman–Crippen LogP) is 0.707. The number of nitrogens with zero attached hydrogens (tertiary/aromatic N) is 2. The van der Waals surface area contributed by atoms with Gasteiger partial charge in [-0.15, -0.1) is 0 Å². The van der Waals surface area contributed by atoms with Gasteiger partial charge in [0.25, 0.3) is 0 Å². The number of hydrogen-bond acceptors (Lipinski definition) is 5. The van der Waals surface area contributed by atoms with Crippen molar-refractivity contribution in [3.63, 3.8) is 0 Å². The van der Waals surface area contributed by atoms with Crippen molar-refractivity contribution < 1.29 is 8.42 Å². The number of sulfonamides is 1. The maximum absolute atomic E-state index is 11.8. The van der Waals surface area contributed by atoms with Gasteiger partial charge in [0.1, 0.15) is 0 Å². The summed E-state index contributed by atoms with van der Waals surface area (Å²) in [4.78, 5) is 4.85. The quantitative estimate of drug-likeness (QED) is 0.801. The molecule has 1 aromatic rings. The second kappa shape index (κ2) is 6.21. The van der Waals surface area contributed by atoms with Gasteiger partial charge in [0.15, 0.2) is 0 Å². The molecular formula is C14H24N4O2S. The molecule has 1 fully saturated rings. The summed E-state index contributed by atoms with van der Waals surface area (Å²) in [5.74, 6) is 0. The van der Waals surface area contributed by atoms with Gasteiger partial charge in [0.2, 0.25) is 10.0 Å². The van der Waals surface area contributed by atoms with Gasteiger partial charge < -0.3 is 10.6 Å². The first-order valence-electron chi connectivity index (χ1n) is 7.21. The molecule has 0 radical (unpaired) electrons. The van der Waals surface area contributed by atoms with Crippen molar-refractivity contribution in [2.24, 2.45) is 0 Å². The van der Waals surface area contributed by atoms with E-state index in [9.17, 15) is 8.42 Å². The topological polar surface area (TPSA) is 78.7 Å². The van der Waals surface area contributed by atoms with Gasteiger partial charge in [-0.05, 0) is 38.7 Å². The van der Waals surface area contributed by atoms with E-state index in [1.165, 1.54) is 13.1 Å². The van der Waals surface area contributed by atoms with Gasteiger partial charge in [-0.2, -0.15) is 0 Å². The largest absolute Gasteiger partial charge is 0.397 e. The van der Waals surface area contributed by atoms with E-state index in [0.717, 1.165) is 31.9 Å². The van der Waals surface area contributed by atoms with Gasteiger partial charge in [0.05, 0.1) is 16.3 Å². The Balaban J connectivity index is 2.23. The lowest BCUT2D eigenvalue weighted by Crippen LogP contribution is -2.51. The number of likely N-dealkylation sites (N-methyl/N-ethyl adjacent to an activating group) is 1. The fourth-order valence-electron chi connectivity index (χ4n) is 2.79. The number of anilines is 2. The fraction of sp³-hybridized carbons (Fsp3) is 0.571. The van der Waals surface area contributed by atoms with Crippen LogP contribution in [0.3, 0.4) is 0 Å². The summed E-state index contributed by atoms with van der Waals surface area (Å²) >= 11 is 0. The molecule has 21 heavy (non-hydrogen) atoms. The SMILES string of the molecule is CCN1CCN(c2ccc(S(=O)(=O)NC)cc2N)CC1C. The van der Waals surface area contributed by atoms with Crippen LogP contribution in [0.4, 0.5) is 11.4 Å². The zero-order valence-electron chi connectivity index (χ0n) is 12.8. The average molecular weight is 312 g/mol. The van der Waals surface area contributed by atoms with Crippen LogP contribution < -0.4 is 15.4 Å². The molecule has 1 aliphatic heterocycles. The Kier molecular flexibility index (Phi) is 4.75. The summed E-state index contributed by atoms with van der Waals surface area (Å²) in [6.45, 7) is 8.21. The number of benzene rings is 1. The Bertz CT molecular complexity index is 603. The van der Waals surface area contributed by atoms with E-state index in [1.807, 2.05) is 0 Å². The van der Waals surface area contributed by atoms with Crippen LogP contribution >= 0.6 is 0 Å². The van der Waals surface area contributed by atoms with Gasteiger partial charge >= 0.3 is 0 Å². The molecule has 0 bridgehead atoms. The maximum atomic E-state index is 11.8. The van der Waals surface area contributed by atoms with Crippen LogP contribution in [0.5, 0.6) is 0 Å². The van der Waals surface area contributed by atoms with Crippen LogP contribution in [-0.4, -0.2) is 52.6 Å². The summed E-state index contributed by atoms with van der Waals surface area (Å²) in [5.41, 5.74) is 7.48. The summed E-state index contributed by atoms with van der Waals surface area (Å²) in [6, 6.07) is 5.39. The van der Waals surface area contributed by atoms with E-state index < -0.39 is 10.0 Å². The Morgan fingerprint density at radius 1 is 1.38 bits per heavy atom. The van der Waals surface area contributed by atoms with E-state index in [-0.39, 0.29) is 4.90 Å². The summed E-state index contributed by atoms with van der Waals surface area (Å²) in [6.07, 6.45) is 0. The molecule has 118 valence electrons. The predicted molar refractivity (Wildman–Crippen MR) is 86.0 cm³/mol. The molecule has 1 atom stereocenters. The lowest BCUT2D eigenvalue weighted by Gasteiger charge is -2.40. The van der Waals surface area contributed by atoms with E-state index in [1.54, 1.807) is 12.1 Å². The summed E-state index contributed by atoms with van der Waals surface area (Å²) in [5, 5.41) is 0. The van der Waals surface area contributed by atoms with Crippen LogP contribution in [0.2, 0.25) is 0 Å². The minimum Gasteiger partial charge on any atom is -0.397 e. The molecule has 7 heteroatoms. The first kappa shape index (κ1) is 16.1. The van der Waals surface area contributed by atoms with Gasteiger partial charge in [-0.1, -0.05) is 6.92 Å². The molecule has 0 spiro atoms. The minimum atomic E-state index is -3.45. The van der Waals surface area contributed by atoms with Crippen molar-refractivity contribution >= 4 is 21.4 Å². The zero-order valence-corrected chi connectivity index (χ0v) is 13.7. The third-order valence-electron chi connectivity index (χ3n) is 4.09. The maximum Gasteiger partial charge on any atom is 0.240 e. The first-order chi connectivity index (χ1) is 9.89. The molecule has 0 aliphatic carbocycles. The number of nitrogen functional groups attached to an aromatic ring is 1. The fourth-order valence-corrected chi connectivity index (χ4v) is 3.55. The molecular weight excluding hydrogens is 288 g/mol. The highest BCUT2D eigenvalue weighted by atomic mass is 32.2. The highest BCUT2D eigenvalue weighted by molar-refractivity contribution is 7.89. The number of nitrogens with two attached hydrogens (primary N) is 1. The smallest absolute Gasteiger partial charge is 0.240 e. The Morgan fingerprint density at radius 3 is 2.62 bits per heavy atom. The molecule has 2 rings (SSSR count). The molecule has 1 aliphatic rings. The van der Waals surface area contributed by atoms with Gasteiger partial charge in [-0.3, -0.25) is 4.90 Å². The van der Waals surface area contributed by atoms with Crippen LogP contribution in [0.15, 0.2) is 23.1 Å². The van der Waals surface area contributed by atoms with Crippen molar-refractivity contribution in [1.82, 2.24) is 9.62 Å². The highest BCUT2D eigenvalue weighted by Gasteiger charge is 2.24. The minimum absolute atomic E-state index is 0.200. The number of nitrogens with one attached hydrogen (secondary N) is 1. The molecule has 0 aromatic heterocycles. The Hall–Kier alpha value is -1.31. The van der Waals surface area contributed by atoms with Gasteiger partial charge in [-0.25, -0.2) is 13.1 Å². The summed E-state index contributed by atoms with van der Waals surface area (Å²) < 4.78 is 25.9. The second-order valence-electron chi connectivity index (χ2n) is 5.35. The molecule has 0 amide bonds. The monoisotopic (exact) mass is 312 g/mol. The van der Waals surface area contributed by atoms with Crippen molar-refractivity contribution in [2.75, 3.05) is 43.9 Å². The molecule has 3 N–H and O–H groups in total. The van der Waals surface area contributed by atoms with Gasteiger partial charge in [0, 0.05) is 25.7 Å². The van der Waals surface area contributed by atoms with E-state index in [2.05, 4.69) is 28.4 Å². The molecule has 1 unspecified atom stereocenters. The van der Waals surface area contributed by atoms with Crippen molar-refractivity contribution in [3.05, 3.63) is 18.2 Å². The van der Waals surface area contributed by atoms with Crippen LogP contribution in [0, 0.1) is 0 Å². The average Bonchev–Trinajstić information content (AvgIpc) is 2.47. The lowest BCUT2D eigenvalue weighted by atomic mass is 10.1. The Morgan fingerprint density at radius 2 is 2.10 bits per heavy atom. The molecule has 6 nitrogen and oxygen atoms in total. The standard InChI is InChI=1S/C14H24N4O2S/c1-4-17-7-8-18(10-11(17)2)14-6-5-12(9-13(14)15)21(19,20)16-3/h5-6,9,11,16H,4,7-8,10,15H2,1-3H3. The number of rotatable bonds is 4. The first-order valence-corrected chi connectivity index (χ1v) is 8.69. The van der Waals surface area contributed by atoms with Crippen molar-refractivity contribution in [3.8, 4) is 0 Å². The van der Waals surface area contributed by atoms with Crippen LogP contribution in [0.1, 0.15) is 13.8 Å².